The zero-order valence-electron chi connectivity index (χ0n) is 15.7. The molecular formula is C16H27N5O4Si. The molecule has 2 aromatic rings. The molecule has 1 saturated heterocycles. The van der Waals surface area contributed by atoms with E-state index in [0.29, 0.717) is 11.2 Å². The Bertz CT molecular complexity index is 791. The molecule has 0 saturated carbocycles. The van der Waals surface area contributed by atoms with Crippen LogP contribution in [0.1, 0.15) is 27.0 Å². The maximum Gasteiger partial charge on any atom is 0.192 e. The third-order valence-electron chi connectivity index (χ3n) is 5.41. The normalized spacial score (nSPS) is 27.3. The summed E-state index contributed by atoms with van der Waals surface area (Å²) in [5.41, 5.74) is 6.67. The van der Waals surface area contributed by atoms with Gasteiger partial charge in [0, 0.05) is 0 Å². The molecule has 9 nitrogen and oxygen atoms in total. The molecule has 4 N–H and O–H groups in total. The summed E-state index contributed by atoms with van der Waals surface area (Å²) in [7, 11) is -1.99. The van der Waals surface area contributed by atoms with Gasteiger partial charge in [-0.25, -0.2) is 15.0 Å². The number of hydrogen-bond acceptors (Lipinski definition) is 8. The number of ether oxygens (including phenoxy) is 1. The highest BCUT2D eigenvalue weighted by molar-refractivity contribution is 6.74. The van der Waals surface area contributed by atoms with E-state index in [9.17, 15) is 10.2 Å². The number of anilines is 1. The van der Waals surface area contributed by atoms with Crippen LogP contribution in [0.2, 0.25) is 18.1 Å². The highest BCUT2D eigenvalue weighted by Gasteiger charge is 2.46. The lowest BCUT2D eigenvalue weighted by Gasteiger charge is -2.37. The maximum atomic E-state index is 10.5. The monoisotopic (exact) mass is 381 g/mol. The first-order valence-electron chi connectivity index (χ1n) is 8.61. The summed E-state index contributed by atoms with van der Waals surface area (Å²) < 4.78 is 13.6. The van der Waals surface area contributed by atoms with Crippen LogP contribution in [0.4, 0.5) is 5.82 Å². The first kappa shape index (κ1) is 19.2. The molecule has 144 valence electrons. The minimum absolute atomic E-state index is 0.0452. The predicted octanol–water partition coefficient (Wildman–Crippen LogP) is 1.05. The van der Waals surface area contributed by atoms with E-state index in [2.05, 4.69) is 48.8 Å². The second-order valence-corrected chi connectivity index (χ2v) is 13.0. The van der Waals surface area contributed by atoms with Gasteiger partial charge in [0.15, 0.2) is 26.0 Å². The van der Waals surface area contributed by atoms with Gasteiger partial charge in [0.1, 0.15) is 30.2 Å². The van der Waals surface area contributed by atoms with Crippen LogP contribution in [0.15, 0.2) is 12.7 Å². The second kappa shape index (κ2) is 6.53. The molecule has 0 bridgehead atoms. The predicted molar refractivity (Wildman–Crippen MR) is 98.8 cm³/mol. The van der Waals surface area contributed by atoms with Crippen LogP contribution in [-0.4, -0.2) is 63.0 Å². The minimum Gasteiger partial charge on any atom is -0.414 e. The molecule has 4 atom stereocenters. The Hall–Kier alpha value is -1.59. The molecule has 10 heteroatoms. The number of aliphatic hydroxyl groups is 2. The Balaban J connectivity index is 1.78. The van der Waals surface area contributed by atoms with Crippen molar-refractivity contribution in [3.63, 3.8) is 0 Å². The lowest BCUT2D eigenvalue weighted by Crippen LogP contribution is -2.44. The van der Waals surface area contributed by atoms with Crippen molar-refractivity contribution in [2.45, 2.75) is 63.4 Å². The lowest BCUT2D eigenvalue weighted by molar-refractivity contribution is -0.0491. The number of imidazole rings is 1. The highest BCUT2D eigenvalue weighted by atomic mass is 28.4. The maximum absolute atomic E-state index is 10.5. The average Bonchev–Trinajstić information content (AvgIpc) is 3.08. The van der Waals surface area contributed by atoms with Crippen LogP contribution in [0.3, 0.4) is 0 Å². The molecular weight excluding hydrogens is 354 g/mol. The third kappa shape index (κ3) is 3.23. The fourth-order valence-electron chi connectivity index (χ4n) is 2.66. The molecule has 1 fully saturated rings. The number of nitrogens with zero attached hydrogens (tertiary/aromatic N) is 4. The summed E-state index contributed by atoms with van der Waals surface area (Å²) >= 11 is 0. The Morgan fingerprint density at radius 1 is 1.23 bits per heavy atom. The van der Waals surface area contributed by atoms with Crippen LogP contribution in [-0.2, 0) is 9.16 Å². The molecule has 26 heavy (non-hydrogen) atoms. The number of nitrogen functional groups attached to an aromatic ring is 1. The van der Waals surface area contributed by atoms with E-state index in [1.54, 1.807) is 4.57 Å². The summed E-state index contributed by atoms with van der Waals surface area (Å²) in [5, 5.41) is 20.9. The van der Waals surface area contributed by atoms with E-state index in [-0.39, 0.29) is 17.5 Å². The van der Waals surface area contributed by atoms with Crippen molar-refractivity contribution in [1.29, 1.82) is 0 Å². The molecule has 0 spiro atoms. The molecule has 1 aliphatic heterocycles. The summed E-state index contributed by atoms with van der Waals surface area (Å²) in [6.45, 7) is 10.9. The van der Waals surface area contributed by atoms with Crippen molar-refractivity contribution in [2.24, 2.45) is 0 Å². The third-order valence-corrected chi connectivity index (χ3v) is 9.91. The fraction of sp³-hybridized carbons (Fsp3) is 0.688. The Kier molecular flexibility index (Phi) is 4.82. The lowest BCUT2D eigenvalue weighted by atomic mass is 10.1. The molecule has 2 aromatic heterocycles. The van der Waals surface area contributed by atoms with Crippen LogP contribution < -0.4 is 5.73 Å². The van der Waals surface area contributed by atoms with Crippen LogP contribution in [0.25, 0.3) is 11.2 Å². The second-order valence-electron chi connectivity index (χ2n) is 8.20. The summed E-state index contributed by atoms with van der Waals surface area (Å²) in [6.07, 6.45) is -0.852. The molecule has 0 radical (unpaired) electrons. The minimum atomic E-state index is -1.99. The fourth-order valence-corrected chi connectivity index (χ4v) is 3.67. The first-order valence-corrected chi connectivity index (χ1v) is 11.5. The summed E-state index contributed by atoms with van der Waals surface area (Å²) in [4.78, 5) is 12.2. The van der Waals surface area contributed by atoms with Crippen molar-refractivity contribution in [2.75, 3.05) is 12.3 Å². The number of fused-ring (bicyclic) bond motifs is 1. The number of aliphatic hydroxyl groups excluding tert-OH is 2. The van der Waals surface area contributed by atoms with Gasteiger partial charge >= 0.3 is 0 Å². The van der Waals surface area contributed by atoms with Gasteiger partial charge in [0.05, 0.1) is 12.9 Å². The van der Waals surface area contributed by atoms with E-state index in [4.69, 9.17) is 14.9 Å². The smallest absolute Gasteiger partial charge is 0.192 e. The zero-order chi connectivity index (χ0) is 19.3. The molecule has 0 aliphatic carbocycles. The van der Waals surface area contributed by atoms with Gasteiger partial charge in [-0.1, -0.05) is 20.8 Å². The standard InChI is InChI=1S/C16H27N5O4Si/c1-16(2,3)26(4,5)24-6-9-11(22)12(23)15(25-9)21-8-20-10-13(17)18-7-19-14(10)21/h7-9,11-12,15,22-23H,6H2,1-5H3,(H2,17,18,19)/t9-,11-,12-,15-/m0/s1. The molecule has 0 aromatic carbocycles. The average molecular weight is 382 g/mol. The molecule has 3 rings (SSSR count). The van der Waals surface area contributed by atoms with E-state index in [0.717, 1.165) is 0 Å². The Morgan fingerprint density at radius 3 is 2.58 bits per heavy atom. The van der Waals surface area contributed by atoms with Gasteiger partial charge in [-0.15, -0.1) is 0 Å². The largest absolute Gasteiger partial charge is 0.414 e. The van der Waals surface area contributed by atoms with E-state index in [1.807, 2.05) is 0 Å². The number of rotatable bonds is 4. The number of hydrogen-bond donors (Lipinski definition) is 3. The van der Waals surface area contributed by atoms with Crippen molar-refractivity contribution in [3.05, 3.63) is 12.7 Å². The van der Waals surface area contributed by atoms with Gasteiger partial charge < -0.3 is 25.1 Å². The van der Waals surface area contributed by atoms with Crippen LogP contribution in [0, 0.1) is 0 Å². The van der Waals surface area contributed by atoms with E-state index >= 15 is 0 Å². The van der Waals surface area contributed by atoms with Crippen molar-refractivity contribution < 1.29 is 19.4 Å². The molecule has 3 heterocycles. The molecule has 1 aliphatic rings. The van der Waals surface area contributed by atoms with Crippen LogP contribution in [0.5, 0.6) is 0 Å². The van der Waals surface area contributed by atoms with Gasteiger partial charge in [0.2, 0.25) is 0 Å². The van der Waals surface area contributed by atoms with Crippen molar-refractivity contribution in [3.8, 4) is 0 Å². The van der Waals surface area contributed by atoms with Gasteiger partial charge in [-0.05, 0) is 18.1 Å². The van der Waals surface area contributed by atoms with Gasteiger partial charge in [0.25, 0.3) is 0 Å². The quantitative estimate of drug-likeness (QED) is 0.670. The summed E-state index contributed by atoms with van der Waals surface area (Å²) in [5.74, 6) is 0.250. The Morgan fingerprint density at radius 2 is 1.92 bits per heavy atom. The van der Waals surface area contributed by atoms with Crippen LogP contribution >= 0.6 is 0 Å². The van der Waals surface area contributed by atoms with E-state index in [1.165, 1.54) is 12.7 Å². The Labute approximate surface area is 153 Å². The molecule has 0 unspecified atom stereocenters. The van der Waals surface area contributed by atoms with E-state index < -0.39 is 32.9 Å². The highest BCUT2D eigenvalue weighted by Crippen LogP contribution is 2.38. The van der Waals surface area contributed by atoms with Gasteiger partial charge in [-0.3, -0.25) is 4.57 Å². The number of aromatic nitrogens is 4. The van der Waals surface area contributed by atoms with Gasteiger partial charge in [-0.2, -0.15) is 0 Å². The number of nitrogens with two attached hydrogens (primary N) is 1. The molecule has 0 amide bonds. The van der Waals surface area contributed by atoms with Crippen molar-refractivity contribution >= 4 is 25.3 Å². The SMILES string of the molecule is CC(C)(C)[Si](C)(C)OC[C@@H]1O[C@H](n2cnc3c(N)ncnc32)[C@@H](O)[C@H]1O. The summed E-state index contributed by atoms with van der Waals surface area (Å²) in [6, 6.07) is 0. The zero-order valence-corrected chi connectivity index (χ0v) is 16.7. The topological polar surface area (TPSA) is 129 Å². The van der Waals surface area contributed by atoms with Crippen molar-refractivity contribution in [1.82, 2.24) is 19.5 Å². The first-order chi connectivity index (χ1) is 12.0.